The first-order chi connectivity index (χ1) is 9.75. The smallest absolute Gasteiger partial charge is 0.274 e. The van der Waals surface area contributed by atoms with E-state index in [0.29, 0.717) is 5.69 Å². The first kappa shape index (κ1) is 18.9. The summed E-state index contributed by atoms with van der Waals surface area (Å²) in [6.45, 7) is 3.91. The van der Waals surface area contributed by atoms with E-state index >= 15 is 0 Å². The van der Waals surface area contributed by atoms with E-state index in [4.69, 9.17) is 0 Å². The molecule has 3 heterocycles. The molecule has 2 saturated heterocycles. The molecule has 124 valence electrons. The van der Waals surface area contributed by atoms with Crippen molar-refractivity contribution in [3.05, 3.63) is 17.8 Å². The molecule has 0 radical (unpaired) electrons. The number of hydrogen-bond donors (Lipinski definition) is 1. The van der Waals surface area contributed by atoms with Crippen molar-refractivity contribution < 1.29 is 4.79 Å². The molecule has 1 amide bonds. The molecule has 22 heavy (non-hydrogen) atoms. The average Bonchev–Trinajstić information content (AvgIpc) is 3.18. The third-order valence-corrected chi connectivity index (χ3v) is 4.20. The maximum atomic E-state index is 12.3. The Hall–Kier alpha value is -1.11. The van der Waals surface area contributed by atoms with Crippen LogP contribution in [0.5, 0.6) is 0 Å². The first-order valence-corrected chi connectivity index (χ1v) is 7.32. The lowest BCUT2D eigenvalue weighted by molar-refractivity contribution is 0.0736. The lowest BCUT2D eigenvalue weighted by atomic mass is 10.2. The van der Waals surface area contributed by atoms with Crippen LogP contribution in [0.2, 0.25) is 0 Å². The number of hydrogen-bond acceptors (Lipinski definition) is 5. The maximum Gasteiger partial charge on any atom is 0.274 e. The number of rotatable bonds is 3. The molecule has 2 fully saturated rings. The van der Waals surface area contributed by atoms with E-state index in [1.54, 1.807) is 11.0 Å². The Bertz CT molecular complexity index is 473. The molecule has 0 spiro atoms. The van der Waals surface area contributed by atoms with Gasteiger partial charge in [-0.3, -0.25) is 4.79 Å². The van der Waals surface area contributed by atoms with Gasteiger partial charge < -0.3 is 15.1 Å². The van der Waals surface area contributed by atoms with Crippen molar-refractivity contribution in [2.75, 3.05) is 38.1 Å². The maximum absolute atomic E-state index is 12.3. The molecular weight excluding hydrogens is 325 g/mol. The monoisotopic (exact) mass is 347 g/mol. The Labute approximate surface area is 143 Å². The van der Waals surface area contributed by atoms with Gasteiger partial charge in [0.25, 0.3) is 5.91 Å². The fourth-order valence-electron chi connectivity index (χ4n) is 2.87. The first-order valence-electron chi connectivity index (χ1n) is 7.32. The van der Waals surface area contributed by atoms with Crippen molar-refractivity contribution in [1.82, 2.24) is 20.4 Å². The lowest BCUT2D eigenvalue weighted by Gasteiger charge is -2.23. The second-order valence-corrected chi connectivity index (χ2v) is 5.53. The van der Waals surface area contributed by atoms with Gasteiger partial charge in [0.15, 0.2) is 11.5 Å². The highest BCUT2D eigenvalue weighted by Crippen LogP contribution is 2.17. The number of amides is 1. The molecule has 8 heteroatoms. The summed E-state index contributed by atoms with van der Waals surface area (Å²) in [4.78, 5) is 16.3. The van der Waals surface area contributed by atoms with E-state index in [9.17, 15) is 4.79 Å². The number of carbonyl (C=O) groups is 1. The van der Waals surface area contributed by atoms with Crippen LogP contribution in [0.25, 0.3) is 0 Å². The molecule has 0 saturated carbocycles. The van der Waals surface area contributed by atoms with Gasteiger partial charge in [-0.05, 0) is 37.9 Å². The van der Waals surface area contributed by atoms with Crippen LogP contribution in [0.15, 0.2) is 12.1 Å². The Kier molecular flexibility index (Phi) is 7.32. The van der Waals surface area contributed by atoms with E-state index in [1.807, 2.05) is 13.1 Å². The summed E-state index contributed by atoms with van der Waals surface area (Å²) < 4.78 is 0. The van der Waals surface area contributed by atoms with Gasteiger partial charge >= 0.3 is 0 Å². The standard InChI is InChI=1S/C14H21N5O.2ClH/c1-18(11-6-7-15-10-11)14(20)12-4-5-13(17-16-12)19-8-2-3-9-19;;/h4-5,11,15H,2-3,6-10H2,1H3;2*1H. The molecule has 1 aromatic heterocycles. The molecule has 2 aliphatic rings. The molecular formula is C14H23Cl2N5O. The van der Waals surface area contributed by atoms with Gasteiger partial charge in [-0.25, -0.2) is 0 Å². The zero-order valence-electron chi connectivity index (χ0n) is 12.7. The molecule has 6 nitrogen and oxygen atoms in total. The fraction of sp³-hybridized carbons (Fsp3) is 0.643. The number of halogens is 2. The summed E-state index contributed by atoms with van der Waals surface area (Å²) in [5, 5.41) is 11.6. The van der Waals surface area contributed by atoms with Crippen molar-refractivity contribution in [3.63, 3.8) is 0 Å². The van der Waals surface area contributed by atoms with Crippen LogP contribution in [0.1, 0.15) is 29.8 Å². The van der Waals surface area contributed by atoms with Gasteiger partial charge in [0.1, 0.15) is 0 Å². The average molecular weight is 348 g/mol. The quantitative estimate of drug-likeness (QED) is 0.894. The van der Waals surface area contributed by atoms with Crippen molar-refractivity contribution in [3.8, 4) is 0 Å². The van der Waals surface area contributed by atoms with Gasteiger partial charge in [0.05, 0.1) is 0 Å². The highest BCUT2D eigenvalue weighted by molar-refractivity contribution is 5.92. The van der Waals surface area contributed by atoms with Crippen LogP contribution < -0.4 is 10.2 Å². The third-order valence-electron chi connectivity index (χ3n) is 4.20. The van der Waals surface area contributed by atoms with E-state index < -0.39 is 0 Å². The summed E-state index contributed by atoms with van der Waals surface area (Å²) in [7, 11) is 1.84. The second-order valence-electron chi connectivity index (χ2n) is 5.53. The minimum absolute atomic E-state index is 0. The van der Waals surface area contributed by atoms with Crippen molar-refractivity contribution in [2.45, 2.75) is 25.3 Å². The van der Waals surface area contributed by atoms with E-state index in [1.165, 1.54) is 12.8 Å². The zero-order chi connectivity index (χ0) is 13.9. The molecule has 1 unspecified atom stereocenters. The minimum atomic E-state index is -0.0424. The van der Waals surface area contributed by atoms with Crippen LogP contribution in [0.4, 0.5) is 5.82 Å². The van der Waals surface area contributed by atoms with Crippen LogP contribution in [-0.2, 0) is 0 Å². The van der Waals surface area contributed by atoms with Crippen molar-refractivity contribution in [1.29, 1.82) is 0 Å². The molecule has 1 aromatic rings. The van der Waals surface area contributed by atoms with E-state index in [0.717, 1.165) is 38.4 Å². The predicted octanol–water partition coefficient (Wildman–Crippen LogP) is 1.35. The summed E-state index contributed by atoms with van der Waals surface area (Å²) >= 11 is 0. The highest BCUT2D eigenvalue weighted by atomic mass is 35.5. The molecule has 3 rings (SSSR count). The Morgan fingerprint density at radius 1 is 1.27 bits per heavy atom. The zero-order valence-corrected chi connectivity index (χ0v) is 14.3. The van der Waals surface area contributed by atoms with E-state index in [-0.39, 0.29) is 36.8 Å². The Balaban J connectivity index is 0.00000121. The molecule has 1 atom stereocenters. The van der Waals surface area contributed by atoms with Gasteiger partial charge in [0, 0.05) is 32.7 Å². The summed E-state index contributed by atoms with van der Waals surface area (Å²) in [5.41, 5.74) is 0.433. The molecule has 1 N–H and O–H groups in total. The fourth-order valence-corrected chi connectivity index (χ4v) is 2.87. The molecule has 0 aromatic carbocycles. The lowest BCUT2D eigenvalue weighted by Crippen LogP contribution is -2.38. The normalized spacial score (nSPS) is 20.2. The molecule has 2 aliphatic heterocycles. The number of anilines is 1. The SMILES string of the molecule is CN(C(=O)c1ccc(N2CCCC2)nn1)C1CCNC1.Cl.Cl. The summed E-state index contributed by atoms with van der Waals surface area (Å²) in [6.07, 6.45) is 3.42. The van der Waals surface area contributed by atoms with Crippen LogP contribution in [-0.4, -0.2) is 60.3 Å². The summed E-state index contributed by atoms with van der Waals surface area (Å²) in [6, 6.07) is 3.97. The number of aromatic nitrogens is 2. The van der Waals surface area contributed by atoms with Gasteiger partial charge in [-0.15, -0.1) is 35.0 Å². The van der Waals surface area contributed by atoms with Crippen LogP contribution in [0.3, 0.4) is 0 Å². The van der Waals surface area contributed by atoms with E-state index in [2.05, 4.69) is 20.4 Å². The number of nitrogens with zero attached hydrogens (tertiary/aromatic N) is 4. The second kappa shape index (κ2) is 8.50. The Morgan fingerprint density at radius 3 is 2.55 bits per heavy atom. The van der Waals surface area contributed by atoms with Gasteiger partial charge in [-0.1, -0.05) is 0 Å². The molecule has 0 aliphatic carbocycles. The summed E-state index contributed by atoms with van der Waals surface area (Å²) in [5.74, 6) is 0.836. The topological polar surface area (TPSA) is 61.4 Å². The van der Waals surface area contributed by atoms with Crippen molar-refractivity contribution in [2.24, 2.45) is 0 Å². The van der Waals surface area contributed by atoms with Gasteiger partial charge in [-0.2, -0.15) is 0 Å². The minimum Gasteiger partial charge on any atom is -0.355 e. The predicted molar refractivity (Wildman–Crippen MR) is 91.3 cm³/mol. The van der Waals surface area contributed by atoms with Crippen molar-refractivity contribution >= 4 is 36.5 Å². The number of likely N-dealkylation sites (N-methyl/N-ethyl adjacent to an activating group) is 1. The molecule has 0 bridgehead atoms. The van der Waals surface area contributed by atoms with Crippen LogP contribution >= 0.6 is 24.8 Å². The number of nitrogens with one attached hydrogen (secondary N) is 1. The Morgan fingerprint density at radius 2 is 2.00 bits per heavy atom. The van der Waals surface area contributed by atoms with Gasteiger partial charge in [0.2, 0.25) is 0 Å². The number of carbonyl (C=O) groups excluding carboxylic acids is 1. The largest absolute Gasteiger partial charge is 0.355 e. The third kappa shape index (κ3) is 4.00. The highest BCUT2D eigenvalue weighted by Gasteiger charge is 2.25. The van der Waals surface area contributed by atoms with Crippen LogP contribution in [0, 0.1) is 0 Å².